The summed E-state index contributed by atoms with van der Waals surface area (Å²) in [6, 6.07) is 18.5. The van der Waals surface area contributed by atoms with Crippen molar-refractivity contribution in [2.75, 3.05) is 0 Å². The zero-order chi connectivity index (χ0) is 25.0. The fraction of sp³-hybridized carbons (Fsp3) is 0.172. The van der Waals surface area contributed by atoms with Crippen molar-refractivity contribution in [2.24, 2.45) is 0 Å². The van der Waals surface area contributed by atoms with Crippen LogP contribution < -0.4 is 5.56 Å². The van der Waals surface area contributed by atoms with Crippen molar-refractivity contribution in [3.05, 3.63) is 105 Å². The molecular weight excluding hydrogens is 456 g/mol. The van der Waals surface area contributed by atoms with E-state index in [4.69, 9.17) is 9.72 Å². The second kappa shape index (κ2) is 8.10. The van der Waals surface area contributed by atoms with Gasteiger partial charge in [0.25, 0.3) is 5.56 Å². The minimum absolute atomic E-state index is 0.0855. The summed E-state index contributed by atoms with van der Waals surface area (Å²) in [5.41, 5.74) is 2.70. The maximum atomic E-state index is 13.3. The van der Waals surface area contributed by atoms with Gasteiger partial charge in [-0.25, -0.2) is 9.78 Å². The van der Waals surface area contributed by atoms with Gasteiger partial charge < -0.3 is 14.4 Å². The molecule has 2 aliphatic rings. The topological polar surface area (TPSA) is 98.5 Å². The fourth-order valence-corrected chi connectivity index (χ4v) is 4.97. The van der Waals surface area contributed by atoms with Crippen LogP contribution in [0.3, 0.4) is 0 Å². The van der Waals surface area contributed by atoms with Gasteiger partial charge in [0, 0.05) is 22.1 Å². The van der Waals surface area contributed by atoms with Gasteiger partial charge in [0.15, 0.2) is 11.4 Å². The number of aliphatic hydroxyl groups is 1. The molecule has 7 heteroatoms. The first-order chi connectivity index (χ1) is 17.4. The van der Waals surface area contributed by atoms with Gasteiger partial charge in [-0.1, -0.05) is 55.5 Å². The van der Waals surface area contributed by atoms with Gasteiger partial charge in [0.1, 0.15) is 6.61 Å². The highest BCUT2D eigenvalue weighted by molar-refractivity contribution is 6.07. The lowest BCUT2D eigenvalue weighted by Gasteiger charge is -2.31. The zero-order valence-electron chi connectivity index (χ0n) is 19.5. The number of aromatic nitrogens is 2. The predicted octanol–water partition coefficient (Wildman–Crippen LogP) is 3.98. The third kappa shape index (κ3) is 3.31. The van der Waals surface area contributed by atoms with Gasteiger partial charge >= 0.3 is 5.97 Å². The molecule has 1 atom stereocenters. The lowest BCUT2D eigenvalue weighted by Crippen LogP contribution is -2.44. The molecule has 0 aliphatic carbocycles. The Morgan fingerprint density at radius 1 is 1.14 bits per heavy atom. The molecule has 0 saturated carbocycles. The maximum absolute atomic E-state index is 13.3. The Kier molecular flexibility index (Phi) is 4.98. The van der Waals surface area contributed by atoms with Crippen molar-refractivity contribution in [2.45, 2.75) is 32.1 Å². The number of cyclic esters (lactones) is 1. The maximum Gasteiger partial charge on any atom is 0.343 e. The monoisotopic (exact) mass is 478 g/mol. The molecule has 2 aliphatic heterocycles. The van der Waals surface area contributed by atoms with Crippen LogP contribution in [0.15, 0.2) is 71.5 Å². The number of pyridine rings is 2. The number of benzene rings is 2. The fourth-order valence-electron chi connectivity index (χ4n) is 4.97. The van der Waals surface area contributed by atoms with Crippen LogP contribution in [0.4, 0.5) is 0 Å². The predicted molar refractivity (Wildman–Crippen MR) is 134 cm³/mol. The standard InChI is InChI=1S/C29H22N2O5/c1-2-29(35)22-14-24-26-20(15-31(24)27(33)21(22)16-36-28(29)34)13-19-10-8-17(12-23(19)30-26)9-11-25(32)18-6-4-3-5-7-18/h3-14,35H,2,15-16H2,1H3/b11-9+/t29-/m0/s1. The molecule has 4 aromatic rings. The number of ketones is 1. The van der Waals surface area contributed by atoms with Crippen molar-refractivity contribution in [1.29, 1.82) is 0 Å². The van der Waals surface area contributed by atoms with E-state index < -0.39 is 11.6 Å². The second-order valence-electron chi connectivity index (χ2n) is 9.11. The molecule has 0 unspecified atom stereocenters. The van der Waals surface area contributed by atoms with Crippen molar-refractivity contribution in [3.63, 3.8) is 0 Å². The van der Waals surface area contributed by atoms with E-state index in [1.807, 2.05) is 42.5 Å². The van der Waals surface area contributed by atoms with Crippen LogP contribution >= 0.6 is 0 Å². The molecule has 0 amide bonds. The van der Waals surface area contributed by atoms with Crippen LogP contribution in [0.1, 0.15) is 46.0 Å². The molecule has 0 saturated heterocycles. The summed E-state index contributed by atoms with van der Waals surface area (Å²) in [6.07, 6.45) is 3.39. The number of esters is 1. The number of carbonyl (C=O) groups excluding carboxylic acids is 2. The summed E-state index contributed by atoms with van der Waals surface area (Å²) in [6.45, 7) is 1.88. The molecule has 178 valence electrons. The summed E-state index contributed by atoms with van der Waals surface area (Å²) in [7, 11) is 0. The highest BCUT2D eigenvalue weighted by Gasteiger charge is 2.45. The number of fused-ring (bicyclic) bond motifs is 5. The first-order valence-corrected chi connectivity index (χ1v) is 11.8. The number of hydrogen-bond acceptors (Lipinski definition) is 6. The van der Waals surface area contributed by atoms with E-state index in [0.717, 1.165) is 16.5 Å². The highest BCUT2D eigenvalue weighted by Crippen LogP contribution is 2.38. The summed E-state index contributed by atoms with van der Waals surface area (Å²) in [5.74, 6) is -0.828. The van der Waals surface area contributed by atoms with E-state index in [1.54, 1.807) is 35.8 Å². The third-order valence-corrected chi connectivity index (χ3v) is 7.02. The van der Waals surface area contributed by atoms with Gasteiger partial charge in [0.05, 0.1) is 29.0 Å². The van der Waals surface area contributed by atoms with E-state index >= 15 is 0 Å². The lowest BCUT2D eigenvalue weighted by atomic mass is 9.86. The molecule has 1 N–H and O–H groups in total. The zero-order valence-corrected chi connectivity index (χ0v) is 19.5. The van der Waals surface area contributed by atoms with Crippen LogP contribution in [0.2, 0.25) is 0 Å². The molecule has 7 nitrogen and oxygen atoms in total. The quantitative estimate of drug-likeness (QED) is 0.238. The van der Waals surface area contributed by atoms with Crippen LogP contribution in [-0.4, -0.2) is 26.4 Å². The van der Waals surface area contributed by atoms with Crippen LogP contribution in [0.25, 0.3) is 28.4 Å². The Morgan fingerprint density at radius 2 is 1.94 bits per heavy atom. The smallest absolute Gasteiger partial charge is 0.343 e. The van der Waals surface area contributed by atoms with E-state index in [1.165, 1.54) is 6.08 Å². The molecule has 4 heterocycles. The normalized spacial score (nSPS) is 18.1. The number of carbonyl (C=O) groups is 2. The number of hydrogen-bond donors (Lipinski definition) is 1. The van der Waals surface area contributed by atoms with Gasteiger partial charge in [-0.05, 0) is 36.3 Å². The summed E-state index contributed by atoms with van der Waals surface area (Å²) in [5, 5.41) is 11.9. The Balaban J connectivity index is 1.42. The summed E-state index contributed by atoms with van der Waals surface area (Å²) in [4.78, 5) is 42.9. The van der Waals surface area contributed by atoms with Crippen molar-refractivity contribution >= 4 is 28.7 Å². The van der Waals surface area contributed by atoms with Gasteiger partial charge in [-0.2, -0.15) is 0 Å². The molecule has 2 aromatic carbocycles. The van der Waals surface area contributed by atoms with E-state index in [0.29, 0.717) is 40.1 Å². The van der Waals surface area contributed by atoms with Crippen LogP contribution in [0, 0.1) is 0 Å². The molecule has 0 fully saturated rings. The van der Waals surface area contributed by atoms with Gasteiger partial charge in [0.2, 0.25) is 0 Å². The Bertz CT molecular complexity index is 1670. The molecule has 2 aromatic heterocycles. The van der Waals surface area contributed by atoms with E-state index in [2.05, 4.69) is 0 Å². The summed E-state index contributed by atoms with van der Waals surface area (Å²) >= 11 is 0. The van der Waals surface area contributed by atoms with Crippen molar-refractivity contribution in [1.82, 2.24) is 9.55 Å². The van der Waals surface area contributed by atoms with E-state index in [-0.39, 0.29) is 24.4 Å². The molecule has 0 bridgehead atoms. The Labute approximate surface area is 206 Å². The van der Waals surface area contributed by atoms with Gasteiger partial charge in [-0.15, -0.1) is 0 Å². The first kappa shape index (κ1) is 22.1. The molecule has 0 spiro atoms. The average molecular weight is 479 g/mol. The highest BCUT2D eigenvalue weighted by atomic mass is 16.6. The molecule has 36 heavy (non-hydrogen) atoms. The lowest BCUT2D eigenvalue weighted by molar-refractivity contribution is -0.172. The van der Waals surface area contributed by atoms with Crippen molar-refractivity contribution in [3.8, 4) is 11.4 Å². The van der Waals surface area contributed by atoms with E-state index in [9.17, 15) is 19.5 Å². The summed E-state index contributed by atoms with van der Waals surface area (Å²) < 4.78 is 6.74. The molecule has 6 rings (SSSR count). The number of nitrogens with zero attached hydrogens (tertiary/aromatic N) is 2. The number of allylic oxidation sites excluding steroid dienone is 1. The minimum Gasteiger partial charge on any atom is -0.458 e. The Morgan fingerprint density at radius 3 is 2.72 bits per heavy atom. The largest absolute Gasteiger partial charge is 0.458 e. The van der Waals surface area contributed by atoms with Crippen LogP contribution in [0.5, 0.6) is 0 Å². The minimum atomic E-state index is -1.86. The van der Waals surface area contributed by atoms with Crippen LogP contribution in [-0.2, 0) is 28.3 Å². The Hall–Kier alpha value is -4.36. The first-order valence-electron chi connectivity index (χ1n) is 11.8. The second-order valence-corrected chi connectivity index (χ2v) is 9.11. The number of ether oxygens (including phenoxy) is 1. The average Bonchev–Trinajstić information content (AvgIpc) is 3.26. The molecule has 0 radical (unpaired) electrons. The number of rotatable bonds is 4. The molecular formula is C29H22N2O5. The van der Waals surface area contributed by atoms with Crippen molar-refractivity contribution < 1.29 is 19.4 Å². The van der Waals surface area contributed by atoms with Gasteiger partial charge in [-0.3, -0.25) is 9.59 Å². The SMILES string of the molecule is CC[C@@]1(O)C(=O)OCc2c1cc1n(c2=O)Cc2cc3ccc(/C=C/C(=O)c4ccccc4)cc3nc2-1. The third-order valence-electron chi connectivity index (χ3n) is 7.02.